The van der Waals surface area contributed by atoms with E-state index in [1.807, 2.05) is 29.6 Å². The Morgan fingerprint density at radius 1 is 0.927 bits per heavy atom. The summed E-state index contributed by atoms with van der Waals surface area (Å²) < 4.78 is 0. The average Bonchev–Trinajstić information content (AvgIpc) is 3.95. The molecule has 8 heteroatoms. The molecule has 0 spiro atoms. The lowest BCUT2D eigenvalue weighted by molar-refractivity contribution is -0.215. The number of Topliss-reactive ketones (excluding diaryl/α,β-unsaturated/α-hetero) is 1. The largest absolute Gasteiger partial charge is 0.478 e. The molecule has 0 saturated heterocycles. The van der Waals surface area contributed by atoms with Gasteiger partial charge in [-0.05, 0) is 151 Å². The molecule has 1 aromatic carbocycles. The summed E-state index contributed by atoms with van der Waals surface area (Å²) in [7, 11) is 0. The van der Waals surface area contributed by atoms with Crippen molar-refractivity contribution in [2.45, 2.75) is 118 Å². The number of aromatic nitrogens is 1. The molecule has 0 bridgehead atoms. The van der Waals surface area contributed by atoms with Gasteiger partial charge in [-0.25, -0.2) is 9.78 Å². The number of carbonyl (C=O) groups excluding carboxylic acids is 1. The van der Waals surface area contributed by atoms with Gasteiger partial charge >= 0.3 is 5.97 Å². The molecule has 2 heterocycles. The van der Waals surface area contributed by atoms with Gasteiger partial charge in [-0.15, -0.1) is 34.4 Å². The first-order chi connectivity index (χ1) is 26.2. The molecule has 3 unspecified atom stereocenters. The number of anilines is 1. The topological polar surface area (TPSA) is 70.5 Å². The molecular formula is C47H60N2O3S3. The van der Waals surface area contributed by atoms with Crippen LogP contribution in [-0.2, 0) is 0 Å². The first-order valence-electron chi connectivity index (χ1n) is 20.8. The van der Waals surface area contributed by atoms with Crippen molar-refractivity contribution in [3.63, 3.8) is 0 Å². The van der Waals surface area contributed by atoms with Crippen LogP contribution in [0.1, 0.15) is 143 Å². The number of carbonyl (C=O) groups is 2. The summed E-state index contributed by atoms with van der Waals surface area (Å²) in [4.78, 5) is 35.7. The fourth-order valence-corrected chi connectivity index (χ4v) is 16.2. The SMILES string of the molecule is CC/C=C(\SC)c1csc(N(CC(=O)c2cccs2)[C@]23CCCC2[C@H]2CCC4[C@@]5(C)CC=C(c6ccc(C(=O)O)cc6)C(C)(C)C5CC[C@@]4(C)[C@]2(C)CC3)n1. The van der Waals surface area contributed by atoms with Crippen LogP contribution in [0, 0.1) is 45.3 Å². The quantitative estimate of drug-likeness (QED) is 0.206. The summed E-state index contributed by atoms with van der Waals surface area (Å²) in [6.45, 7) is 15.6. The van der Waals surface area contributed by atoms with Gasteiger partial charge in [0.2, 0.25) is 0 Å². The van der Waals surface area contributed by atoms with Gasteiger partial charge in [0.1, 0.15) is 0 Å². The molecule has 0 amide bonds. The lowest BCUT2D eigenvalue weighted by atomic mass is 9.33. The number of nitrogens with zero attached hydrogens (tertiary/aromatic N) is 2. The molecule has 3 aromatic rings. The molecule has 0 radical (unpaired) electrons. The average molecular weight is 797 g/mol. The van der Waals surface area contributed by atoms with Gasteiger partial charge in [0, 0.05) is 15.8 Å². The van der Waals surface area contributed by atoms with Gasteiger partial charge in [0.15, 0.2) is 10.9 Å². The lowest BCUT2D eigenvalue weighted by Gasteiger charge is -2.72. The third kappa shape index (κ3) is 5.99. The second kappa shape index (κ2) is 14.3. The number of aromatic carboxylic acids is 1. The van der Waals surface area contributed by atoms with Crippen LogP contribution < -0.4 is 4.90 Å². The summed E-state index contributed by atoms with van der Waals surface area (Å²) in [5, 5.41) is 14.8. The van der Waals surface area contributed by atoms with Crippen molar-refractivity contribution < 1.29 is 14.7 Å². The van der Waals surface area contributed by atoms with E-state index in [0.29, 0.717) is 35.8 Å². The van der Waals surface area contributed by atoms with Crippen molar-refractivity contribution >= 4 is 61.8 Å². The molecule has 5 aliphatic carbocycles. The molecule has 8 rings (SSSR count). The van der Waals surface area contributed by atoms with E-state index in [1.54, 1.807) is 46.6 Å². The van der Waals surface area contributed by atoms with E-state index in [0.717, 1.165) is 41.4 Å². The molecule has 0 aliphatic heterocycles. The van der Waals surface area contributed by atoms with Crippen molar-refractivity contribution in [3.05, 3.63) is 81.0 Å². The minimum Gasteiger partial charge on any atom is -0.478 e. The van der Waals surface area contributed by atoms with Crippen molar-refractivity contribution in [3.8, 4) is 0 Å². The second-order valence-electron chi connectivity index (χ2n) is 18.9. The van der Waals surface area contributed by atoms with Crippen molar-refractivity contribution in [1.82, 2.24) is 4.98 Å². The van der Waals surface area contributed by atoms with Gasteiger partial charge in [-0.1, -0.05) is 78.3 Å². The van der Waals surface area contributed by atoms with E-state index < -0.39 is 5.97 Å². The van der Waals surface area contributed by atoms with Crippen LogP contribution in [-0.4, -0.2) is 40.2 Å². The van der Waals surface area contributed by atoms with Gasteiger partial charge in [-0.2, -0.15) is 0 Å². The van der Waals surface area contributed by atoms with E-state index in [-0.39, 0.29) is 33.0 Å². The molecule has 8 atom stereocenters. The predicted octanol–water partition coefficient (Wildman–Crippen LogP) is 13.0. The summed E-state index contributed by atoms with van der Waals surface area (Å²) in [6, 6.07) is 11.6. The van der Waals surface area contributed by atoms with E-state index in [1.165, 1.54) is 61.0 Å². The monoisotopic (exact) mass is 796 g/mol. The Kier molecular flexibility index (Phi) is 10.2. The van der Waals surface area contributed by atoms with E-state index in [2.05, 4.69) is 70.2 Å². The van der Waals surface area contributed by atoms with Gasteiger partial charge in [0.05, 0.1) is 22.7 Å². The zero-order valence-corrected chi connectivity index (χ0v) is 36.4. The maximum absolute atomic E-state index is 14.1. The number of carboxylic acid groups (broad SMARTS) is 1. The second-order valence-corrected chi connectivity index (χ2v) is 21.5. The number of hydrogen-bond donors (Lipinski definition) is 1. The number of rotatable bonds is 10. The van der Waals surface area contributed by atoms with Crippen LogP contribution in [0.3, 0.4) is 0 Å². The van der Waals surface area contributed by atoms with Crippen molar-refractivity contribution in [2.75, 3.05) is 17.7 Å². The fourth-order valence-electron chi connectivity index (χ4n) is 13.9. The molecule has 1 N–H and O–H groups in total. The first-order valence-corrected chi connectivity index (χ1v) is 23.8. The fraction of sp³-hybridized carbons (Fsp3) is 0.596. The number of fused-ring (bicyclic) bond motifs is 7. The third-order valence-corrected chi connectivity index (χ3v) is 19.1. The maximum atomic E-state index is 14.1. The van der Waals surface area contributed by atoms with E-state index >= 15 is 0 Å². The van der Waals surface area contributed by atoms with Crippen LogP contribution in [0.25, 0.3) is 10.5 Å². The van der Waals surface area contributed by atoms with Gasteiger partial charge in [-0.3, -0.25) is 4.79 Å². The van der Waals surface area contributed by atoms with Crippen LogP contribution in [0.5, 0.6) is 0 Å². The maximum Gasteiger partial charge on any atom is 0.335 e. The molecule has 294 valence electrons. The normalized spacial score (nSPS) is 35.2. The Morgan fingerprint density at radius 2 is 1.71 bits per heavy atom. The number of thiophene rings is 1. The Labute approximate surface area is 341 Å². The number of thiazole rings is 1. The highest BCUT2D eigenvalue weighted by Crippen LogP contribution is 2.76. The van der Waals surface area contributed by atoms with E-state index in [9.17, 15) is 14.7 Å². The van der Waals surface area contributed by atoms with Gasteiger partial charge in [0.25, 0.3) is 0 Å². The molecule has 4 fully saturated rings. The summed E-state index contributed by atoms with van der Waals surface area (Å²) in [5.74, 6) is 1.74. The highest BCUT2D eigenvalue weighted by atomic mass is 32.2. The summed E-state index contributed by atoms with van der Waals surface area (Å²) in [5.41, 5.74) is 4.59. The Balaban J connectivity index is 1.12. The summed E-state index contributed by atoms with van der Waals surface area (Å²) >= 11 is 5.08. The predicted molar refractivity (Wildman–Crippen MR) is 232 cm³/mol. The number of ketones is 1. The first kappa shape index (κ1) is 39.2. The number of allylic oxidation sites excluding steroid dienone is 3. The van der Waals surface area contributed by atoms with E-state index in [4.69, 9.17) is 4.98 Å². The van der Waals surface area contributed by atoms with Crippen LogP contribution >= 0.6 is 34.4 Å². The minimum absolute atomic E-state index is 0.00533. The zero-order chi connectivity index (χ0) is 39.0. The Hall–Kier alpha value is -2.68. The molecule has 5 aliphatic rings. The minimum atomic E-state index is -0.870. The van der Waals surface area contributed by atoms with Crippen LogP contribution in [0.4, 0.5) is 5.13 Å². The molecule has 2 aromatic heterocycles. The molecule has 4 saturated carbocycles. The van der Waals surface area contributed by atoms with Crippen molar-refractivity contribution in [2.24, 2.45) is 45.3 Å². The molecule has 5 nitrogen and oxygen atoms in total. The molecular weight excluding hydrogens is 737 g/mol. The highest BCUT2D eigenvalue weighted by molar-refractivity contribution is 8.07. The zero-order valence-electron chi connectivity index (χ0n) is 34.0. The number of carboxylic acids is 1. The highest BCUT2D eigenvalue weighted by Gasteiger charge is 2.70. The number of thioether (sulfide) groups is 1. The molecule has 55 heavy (non-hydrogen) atoms. The van der Waals surface area contributed by atoms with Gasteiger partial charge < -0.3 is 10.0 Å². The number of hydrogen-bond acceptors (Lipinski definition) is 7. The third-order valence-electron chi connectivity index (χ3n) is 16.6. The summed E-state index contributed by atoms with van der Waals surface area (Å²) in [6.07, 6.45) is 20.0. The Bertz CT molecular complexity index is 2000. The standard InChI is InChI=1S/C47H60N2O3S3/c1-8-11-37(53-7)35-29-55-42(48-35)49(28-36(50)38-13-10-27-54-38)47-22-9-12-34(47)33-18-19-40-44(4)23-20-32(30-14-16-31(17-15-30)41(51)52)43(2,3)39(44)21-24-46(40,6)45(33,5)25-26-47/h10-11,13-17,20,27,29,33-34,39-40H,8-9,12,18-19,21-26,28H2,1-7H3,(H,51,52)/b37-11-/t33-,34?,39?,40?,44+,45-,46-,47+/m1/s1. The van der Waals surface area contributed by atoms with Crippen LogP contribution in [0.2, 0.25) is 0 Å². The van der Waals surface area contributed by atoms with Crippen LogP contribution in [0.15, 0.2) is 59.3 Å². The number of benzene rings is 1. The smallest absolute Gasteiger partial charge is 0.335 e. The van der Waals surface area contributed by atoms with Crippen molar-refractivity contribution in [1.29, 1.82) is 0 Å². The lowest BCUT2D eigenvalue weighted by Crippen LogP contribution is -2.68. The Morgan fingerprint density at radius 3 is 2.40 bits per heavy atom.